The van der Waals surface area contributed by atoms with Gasteiger partial charge in [0, 0.05) is 19.0 Å². The minimum atomic E-state index is 0. The Kier molecular flexibility index (Phi) is 4.83. The average Bonchev–Trinajstić information content (AvgIpc) is 3.10. The molecule has 0 saturated carbocycles. The van der Waals surface area contributed by atoms with E-state index in [-0.39, 0.29) is 18.4 Å². The van der Waals surface area contributed by atoms with Crippen LogP contribution in [0.5, 0.6) is 0 Å². The van der Waals surface area contributed by atoms with Crippen LogP contribution in [0.15, 0.2) is 30.3 Å². The summed E-state index contributed by atoms with van der Waals surface area (Å²) in [7, 11) is 0. The monoisotopic (exact) mass is 280 g/mol. The third-order valence-electron chi connectivity index (χ3n) is 4.13. The lowest BCUT2D eigenvalue weighted by atomic mass is 9.99. The van der Waals surface area contributed by atoms with Crippen molar-refractivity contribution in [2.45, 2.75) is 31.2 Å². The number of hydrogen-bond acceptors (Lipinski definition) is 2. The molecule has 19 heavy (non-hydrogen) atoms. The summed E-state index contributed by atoms with van der Waals surface area (Å²) in [6.07, 6.45) is 3.24. The van der Waals surface area contributed by atoms with Crippen molar-refractivity contribution in [1.82, 2.24) is 10.2 Å². The molecule has 1 aromatic carbocycles. The molecular weight excluding hydrogens is 260 g/mol. The van der Waals surface area contributed by atoms with Gasteiger partial charge in [0.15, 0.2) is 0 Å². The lowest BCUT2D eigenvalue weighted by molar-refractivity contribution is -0.132. The summed E-state index contributed by atoms with van der Waals surface area (Å²) in [6, 6.07) is 10.6. The van der Waals surface area contributed by atoms with Gasteiger partial charge in [0.2, 0.25) is 5.91 Å². The van der Waals surface area contributed by atoms with Gasteiger partial charge in [-0.25, -0.2) is 0 Å². The number of halogens is 1. The Balaban J connectivity index is 0.00000133. The summed E-state index contributed by atoms with van der Waals surface area (Å²) in [6.45, 7) is 2.80. The molecule has 104 valence electrons. The van der Waals surface area contributed by atoms with Gasteiger partial charge in [0.25, 0.3) is 0 Å². The number of amides is 1. The van der Waals surface area contributed by atoms with E-state index >= 15 is 0 Å². The molecule has 2 atom stereocenters. The van der Waals surface area contributed by atoms with Gasteiger partial charge < -0.3 is 10.2 Å². The second kappa shape index (κ2) is 6.40. The van der Waals surface area contributed by atoms with E-state index in [9.17, 15) is 4.79 Å². The Labute approximate surface area is 120 Å². The molecule has 2 saturated heterocycles. The molecule has 0 bridgehead atoms. The third-order valence-corrected chi connectivity index (χ3v) is 4.13. The molecule has 4 heteroatoms. The van der Waals surface area contributed by atoms with Crippen molar-refractivity contribution >= 4 is 18.3 Å². The molecule has 1 amide bonds. The molecule has 2 heterocycles. The number of nitrogens with one attached hydrogen (secondary N) is 1. The van der Waals surface area contributed by atoms with Crippen LogP contribution < -0.4 is 5.32 Å². The second-order valence-electron chi connectivity index (χ2n) is 5.33. The smallest absolute Gasteiger partial charge is 0.239 e. The first kappa shape index (κ1) is 14.4. The van der Waals surface area contributed by atoms with Gasteiger partial charge in [0.05, 0.1) is 6.04 Å². The first-order chi connectivity index (χ1) is 8.84. The summed E-state index contributed by atoms with van der Waals surface area (Å²) in [5, 5.41) is 3.30. The minimum Gasteiger partial charge on any atom is -0.341 e. The normalized spacial score (nSPS) is 26.2. The number of nitrogens with zero attached hydrogens (tertiary/aromatic N) is 1. The van der Waals surface area contributed by atoms with Crippen molar-refractivity contribution in [3.8, 4) is 0 Å². The number of carbonyl (C=O) groups is 1. The molecule has 1 N–H and O–H groups in total. The zero-order valence-corrected chi connectivity index (χ0v) is 11.9. The molecule has 1 aromatic rings. The fourth-order valence-electron chi connectivity index (χ4n) is 3.07. The van der Waals surface area contributed by atoms with Crippen molar-refractivity contribution in [2.75, 3.05) is 19.6 Å². The molecule has 0 spiro atoms. The van der Waals surface area contributed by atoms with Crippen LogP contribution in [0.4, 0.5) is 0 Å². The minimum absolute atomic E-state index is 0. The molecule has 0 aromatic heterocycles. The van der Waals surface area contributed by atoms with Gasteiger partial charge in [-0.3, -0.25) is 4.79 Å². The van der Waals surface area contributed by atoms with Crippen LogP contribution in [0.3, 0.4) is 0 Å². The lowest BCUT2D eigenvalue weighted by Gasteiger charge is -2.20. The van der Waals surface area contributed by atoms with E-state index in [1.807, 2.05) is 11.0 Å². The van der Waals surface area contributed by atoms with E-state index in [4.69, 9.17) is 0 Å². The van der Waals surface area contributed by atoms with Crippen LogP contribution in [0.2, 0.25) is 0 Å². The lowest BCUT2D eigenvalue weighted by Crippen LogP contribution is -2.42. The Morgan fingerprint density at radius 3 is 2.68 bits per heavy atom. The van der Waals surface area contributed by atoms with Crippen LogP contribution in [0.25, 0.3) is 0 Å². The summed E-state index contributed by atoms with van der Waals surface area (Å²) >= 11 is 0. The van der Waals surface area contributed by atoms with Crippen molar-refractivity contribution < 1.29 is 4.79 Å². The van der Waals surface area contributed by atoms with E-state index in [0.29, 0.717) is 11.8 Å². The van der Waals surface area contributed by atoms with E-state index < -0.39 is 0 Å². The molecule has 0 radical (unpaired) electrons. The van der Waals surface area contributed by atoms with E-state index in [1.54, 1.807) is 0 Å². The van der Waals surface area contributed by atoms with Crippen LogP contribution in [0.1, 0.15) is 30.7 Å². The average molecular weight is 281 g/mol. The Morgan fingerprint density at radius 1 is 1.21 bits per heavy atom. The predicted octanol–water partition coefficient (Wildman–Crippen LogP) is 2.18. The van der Waals surface area contributed by atoms with Crippen LogP contribution >= 0.6 is 12.4 Å². The molecule has 2 fully saturated rings. The number of likely N-dealkylation sites (tertiary alicyclic amines) is 1. The number of carbonyl (C=O) groups excluding carboxylic acids is 1. The van der Waals surface area contributed by atoms with Gasteiger partial charge >= 0.3 is 0 Å². The van der Waals surface area contributed by atoms with Crippen LogP contribution in [0, 0.1) is 0 Å². The quantitative estimate of drug-likeness (QED) is 0.901. The van der Waals surface area contributed by atoms with Crippen LogP contribution in [-0.2, 0) is 4.79 Å². The molecule has 3 rings (SSSR count). The highest BCUT2D eigenvalue weighted by Crippen LogP contribution is 2.27. The van der Waals surface area contributed by atoms with Gasteiger partial charge in [-0.05, 0) is 31.4 Å². The first-order valence-corrected chi connectivity index (χ1v) is 6.92. The van der Waals surface area contributed by atoms with Crippen molar-refractivity contribution in [3.63, 3.8) is 0 Å². The SMILES string of the molecule is Cl.O=C(C1CCCN1)N1CCC(c2ccccc2)C1. The molecule has 2 aliphatic rings. The predicted molar refractivity (Wildman–Crippen MR) is 78.7 cm³/mol. The van der Waals surface area contributed by atoms with Crippen molar-refractivity contribution in [1.29, 1.82) is 0 Å². The zero-order valence-electron chi connectivity index (χ0n) is 11.0. The molecule has 3 nitrogen and oxygen atoms in total. The second-order valence-corrected chi connectivity index (χ2v) is 5.33. The molecule has 2 unspecified atom stereocenters. The maximum absolute atomic E-state index is 12.3. The third kappa shape index (κ3) is 3.10. The molecule has 0 aliphatic carbocycles. The number of benzene rings is 1. The fraction of sp³-hybridized carbons (Fsp3) is 0.533. The number of hydrogen-bond donors (Lipinski definition) is 1. The Bertz CT molecular complexity index is 417. The zero-order chi connectivity index (χ0) is 12.4. The maximum atomic E-state index is 12.3. The standard InChI is InChI=1S/C15H20N2O.ClH/c18-15(14-7-4-9-16-14)17-10-8-13(11-17)12-5-2-1-3-6-12;/h1-3,5-6,13-14,16H,4,7-11H2;1H. The highest BCUT2D eigenvalue weighted by molar-refractivity contribution is 5.85. The first-order valence-electron chi connectivity index (χ1n) is 6.92. The highest BCUT2D eigenvalue weighted by Gasteiger charge is 2.32. The highest BCUT2D eigenvalue weighted by atomic mass is 35.5. The Morgan fingerprint density at radius 2 is 2.00 bits per heavy atom. The van der Waals surface area contributed by atoms with Crippen molar-refractivity contribution in [2.24, 2.45) is 0 Å². The van der Waals surface area contributed by atoms with Crippen LogP contribution in [-0.4, -0.2) is 36.5 Å². The van der Waals surface area contributed by atoms with E-state index in [1.165, 1.54) is 5.56 Å². The topological polar surface area (TPSA) is 32.3 Å². The molecular formula is C15H21ClN2O. The van der Waals surface area contributed by atoms with Gasteiger partial charge in [-0.1, -0.05) is 30.3 Å². The Hall–Kier alpha value is -1.06. The van der Waals surface area contributed by atoms with Gasteiger partial charge in [-0.2, -0.15) is 0 Å². The van der Waals surface area contributed by atoms with Gasteiger partial charge in [-0.15, -0.1) is 12.4 Å². The summed E-state index contributed by atoms with van der Waals surface area (Å²) in [5.74, 6) is 0.836. The summed E-state index contributed by atoms with van der Waals surface area (Å²) in [5.41, 5.74) is 1.37. The van der Waals surface area contributed by atoms with Gasteiger partial charge in [0.1, 0.15) is 0 Å². The molecule has 2 aliphatic heterocycles. The maximum Gasteiger partial charge on any atom is 0.239 e. The summed E-state index contributed by atoms with van der Waals surface area (Å²) in [4.78, 5) is 14.3. The fourth-order valence-corrected chi connectivity index (χ4v) is 3.07. The van der Waals surface area contributed by atoms with E-state index in [2.05, 4.69) is 29.6 Å². The van der Waals surface area contributed by atoms with Crippen molar-refractivity contribution in [3.05, 3.63) is 35.9 Å². The largest absolute Gasteiger partial charge is 0.341 e. The van der Waals surface area contributed by atoms with E-state index in [0.717, 1.165) is 38.9 Å². The summed E-state index contributed by atoms with van der Waals surface area (Å²) < 4.78 is 0. The number of rotatable bonds is 2.